The molecule has 0 aliphatic rings. The van der Waals surface area contributed by atoms with Crippen molar-refractivity contribution in [2.45, 2.75) is 6.17 Å². The zero-order chi connectivity index (χ0) is 7.11. The Morgan fingerprint density at radius 2 is 1.78 bits per heavy atom. The van der Waals surface area contributed by atoms with Crippen LogP contribution in [0.15, 0.2) is 22.6 Å². The van der Waals surface area contributed by atoms with E-state index in [-0.39, 0.29) is 0 Å². The van der Waals surface area contributed by atoms with E-state index in [9.17, 15) is 9.59 Å². The zero-order valence-corrected chi connectivity index (χ0v) is 4.57. The van der Waals surface area contributed by atoms with Gasteiger partial charge in [0.05, 0.1) is 0 Å². The highest BCUT2D eigenvalue weighted by molar-refractivity contribution is 5.37. The molecule has 0 N–H and O–H groups in total. The molecular formula is C5H4N2O2. The van der Waals surface area contributed by atoms with Gasteiger partial charge in [0.2, 0.25) is 12.2 Å². The number of hydrogen-bond acceptors (Lipinski definition) is 4. The van der Waals surface area contributed by atoms with Crippen molar-refractivity contribution in [2.24, 2.45) is 9.98 Å². The highest BCUT2D eigenvalue weighted by atomic mass is 16.1. The number of nitrogens with zero attached hydrogens (tertiary/aromatic N) is 2. The maximum Gasteiger partial charge on any atom is 0.237 e. The van der Waals surface area contributed by atoms with Crippen LogP contribution in [0.25, 0.3) is 0 Å². The Bertz CT molecular complexity index is 169. The third-order valence-electron chi connectivity index (χ3n) is 0.581. The molecule has 0 saturated heterocycles. The van der Waals surface area contributed by atoms with Crippen LogP contribution in [0.3, 0.4) is 0 Å². The Morgan fingerprint density at radius 1 is 1.33 bits per heavy atom. The summed E-state index contributed by atoms with van der Waals surface area (Å²) in [6.45, 7) is 3.25. The normalized spacial score (nSPS) is 10.2. The van der Waals surface area contributed by atoms with Gasteiger partial charge in [-0.3, -0.25) is 0 Å². The van der Waals surface area contributed by atoms with Crippen LogP contribution in [-0.4, -0.2) is 18.3 Å². The van der Waals surface area contributed by atoms with E-state index in [4.69, 9.17) is 0 Å². The maximum absolute atomic E-state index is 9.52. The van der Waals surface area contributed by atoms with Gasteiger partial charge in [-0.15, -0.1) is 0 Å². The predicted molar refractivity (Wildman–Crippen MR) is 30.2 cm³/mol. The Morgan fingerprint density at radius 3 is 2.00 bits per heavy atom. The van der Waals surface area contributed by atoms with Crippen molar-refractivity contribution in [2.75, 3.05) is 0 Å². The average Bonchev–Trinajstić information content (AvgIpc) is 1.88. The van der Waals surface area contributed by atoms with Crippen molar-refractivity contribution < 1.29 is 9.59 Å². The van der Waals surface area contributed by atoms with Crippen molar-refractivity contribution in [1.82, 2.24) is 0 Å². The lowest BCUT2D eigenvalue weighted by molar-refractivity contribution is 0.556. The van der Waals surface area contributed by atoms with Gasteiger partial charge in [0.15, 0.2) is 6.17 Å². The van der Waals surface area contributed by atoms with Gasteiger partial charge in [-0.2, -0.15) is 9.98 Å². The molecule has 0 heterocycles. The largest absolute Gasteiger partial charge is 0.237 e. The number of isocyanates is 2. The van der Waals surface area contributed by atoms with E-state index in [2.05, 4.69) is 16.6 Å². The molecule has 4 heteroatoms. The van der Waals surface area contributed by atoms with Gasteiger partial charge in [0.25, 0.3) is 0 Å². The third-order valence-corrected chi connectivity index (χ3v) is 0.581. The summed E-state index contributed by atoms with van der Waals surface area (Å²) >= 11 is 0. The van der Waals surface area contributed by atoms with Crippen LogP contribution in [0.1, 0.15) is 0 Å². The molecule has 0 aliphatic carbocycles. The summed E-state index contributed by atoms with van der Waals surface area (Å²) in [6.07, 6.45) is 2.88. The summed E-state index contributed by atoms with van der Waals surface area (Å²) < 4.78 is 0. The molecule has 0 amide bonds. The predicted octanol–water partition coefficient (Wildman–Crippen LogP) is 0.170. The van der Waals surface area contributed by atoms with E-state index in [0.717, 1.165) is 0 Å². The van der Waals surface area contributed by atoms with Crippen LogP contribution in [0, 0.1) is 0 Å². The van der Waals surface area contributed by atoms with Crippen molar-refractivity contribution in [3.63, 3.8) is 0 Å². The van der Waals surface area contributed by atoms with Crippen LogP contribution >= 0.6 is 0 Å². The minimum atomic E-state index is -0.819. The molecule has 4 nitrogen and oxygen atoms in total. The lowest BCUT2D eigenvalue weighted by Crippen LogP contribution is -1.91. The first kappa shape index (κ1) is 7.50. The van der Waals surface area contributed by atoms with E-state index >= 15 is 0 Å². The molecule has 0 saturated carbocycles. The molecule has 0 atom stereocenters. The van der Waals surface area contributed by atoms with Gasteiger partial charge < -0.3 is 0 Å². The topological polar surface area (TPSA) is 58.9 Å². The van der Waals surface area contributed by atoms with E-state index in [1.165, 1.54) is 18.2 Å². The highest BCUT2D eigenvalue weighted by Crippen LogP contribution is 1.89. The van der Waals surface area contributed by atoms with E-state index in [1.54, 1.807) is 0 Å². The van der Waals surface area contributed by atoms with Crippen molar-refractivity contribution in [3.05, 3.63) is 12.7 Å². The van der Waals surface area contributed by atoms with Crippen molar-refractivity contribution in [3.8, 4) is 0 Å². The molecule has 0 rings (SSSR count). The standard InChI is InChI=1S/C5H4N2O2/c1-2-5(6-3-8)7-4-9/h2,5H,1H2. The van der Waals surface area contributed by atoms with Gasteiger partial charge in [0.1, 0.15) is 0 Å². The molecule has 0 fully saturated rings. The fourth-order valence-corrected chi connectivity index (χ4v) is 0.242. The Hall–Kier alpha value is -1.50. The van der Waals surface area contributed by atoms with E-state index < -0.39 is 6.17 Å². The first-order valence-corrected chi connectivity index (χ1v) is 2.11. The molecule has 0 unspecified atom stereocenters. The number of aliphatic imine (C=N–C) groups is 2. The van der Waals surface area contributed by atoms with Crippen LogP contribution in [0.4, 0.5) is 0 Å². The Balaban J connectivity index is 4.14. The van der Waals surface area contributed by atoms with E-state index in [0.29, 0.717) is 0 Å². The number of hydrogen-bond donors (Lipinski definition) is 0. The molecule has 9 heavy (non-hydrogen) atoms. The summed E-state index contributed by atoms with van der Waals surface area (Å²) in [7, 11) is 0. The molecule has 0 spiro atoms. The summed E-state index contributed by atoms with van der Waals surface area (Å²) in [5.74, 6) is 0. The SMILES string of the molecule is C=CC(N=C=O)N=C=O. The lowest BCUT2D eigenvalue weighted by atomic mass is 10.5. The number of rotatable bonds is 3. The van der Waals surface area contributed by atoms with Crippen molar-refractivity contribution >= 4 is 12.2 Å². The molecule has 0 aliphatic heterocycles. The zero-order valence-electron chi connectivity index (χ0n) is 4.57. The van der Waals surface area contributed by atoms with Gasteiger partial charge in [-0.1, -0.05) is 6.58 Å². The van der Waals surface area contributed by atoms with Gasteiger partial charge in [-0.25, -0.2) is 9.59 Å². The molecule has 0 radical (unpaired) electrons. The first-order chi connectivity index (χ1) is 4.35. The van der Waals surface area contributed by atoms with Gasteiger partial charge in [-0.05, 0) is 6.08 Å². The maximum atomic E-state index is 9.52. The summed E-state index contributed by atoms with van der Waals surface area (Å²) in [6, 6.07) is 0. The van der Waals surface area contributed by atoms with Crippen LogP contribution in [0.2, 0.25) is 0 Å². The van der Waals surface area contributed by atoms with Crippen LogP contribution in [-0.2, 0) is 9.59 Å². The number of carbonyl (C=O) groups excluding carboxylic acids is 2. The second-order valence-corrected chi connectivity index (χ2v) is 1.09. The Labute approximate surface area is 51.6 Å². The molecule has 46 valence electrons. The average molecular weight is 124 g/mol. The minimum absolute atomic E-state index is 0.819. The van der Waals surface area contributed by atoms with Crippen LogP contribution in [0.5, 0.6) is 0 Å². The fourth-order valence-electron chi connectivity index (χ4n) is 0.242. The minimum Gasteiger partial charge on any atom is -0.211 e. The molecular weight excluding hydrogens is 120 g/mol. The summed E-state index contributed by atoms with van der Waals surface area (Å²) in [4.78, 5) is 25.2. The second-order valence-electron chi connectivity index (χ2n) is 1.09. The quantitative estimate of drug-likeness (QED) is 0.306. The summed E-state index contributed by atoms with van der Waals surface area (Å²) in [5.41, 5.74) is 0. The lowest BCUT2D eigenvalue weighted by Gasteiger charge is -1.87. The van der Waals surface area contributed by atoms with Gasteiger partial charge >= 0.3 is 0 Å². The second kappa shape index (κ2) is 4.65. The smallest absolute Gasteiger partial charge is 0.211 e. The van der Waals surface area contributed by atoms with Crippen LogP contribution < -0.4 is 0 Å². The molecule has 0 aromatic carbocycles. The van der Waals surface area contributed by atoms with Crippen molar-refractivity contribution in [1.29, 1.82) is 0 Å². The molecule has 0 aromatic heterocycles. The highest BCUT2D eigenvalue weighted by Gasteiger charge is 1.92. The fraction of sp³-hybridized carbons (Fsp3) is 0.200. The molecule has 0 aromatic rings. The van der Waals surface area contributed by atoms with Gasteiger partial charge in [0, 0.05) is 0 Å². The van der Waals surface area contributed by atoms with E-state index in [1.807, 2.05) is 0 Å². The summed E-state index contributed by atoms with van der Waals surface area (Å²) in [5, 5.41) is 0. The third kappa shape index (κ3) is 3.12. The Kier molecular flexibility index (Phi) is 3.88. The molecule has 0 bridgehead atoms. The first-order valence-electron chi connectivity index (χ1n) is 2.11. The monoisotopic (exact) mass is 124 g/mol.